The highest BCUT2D eigenvalue weighted by Crippen LogP contribution is 2.37. The summed E-state index contributed by atoms with van der Waals surface area (Å²) < 4.78 is 27.7. The number of aliphatic hydroxyl groups is 1. The Balaban J connectivity index is 1.62. The van der Waals surface area contributed by atoms with Crippen LogP contribution < -0.4 is 11.1 Å². The van der Waals surface area contributed by atoms with E-state index in [2.05, 4.69) is 5.32 Å². The normalized spacial score (nSPS) is 24.6. The van der Waals surface area contributed by atoms with E-state index in [1.807, 2.05) is 37.3 Å². The zero-order valence-electron chi connectivity index (χ0n) is 21.4. The van der Waals surface area contributed by atoms with Crippen molar-refractivity contribution in [3.8, 4) is 11.1 Å². The number of halogens is 1. The Morgan fingerprint density at radius 3 is 2.76 bits per heavy atom. The minimum absolute atomic E-state index is 0.0598. The predicted octanol–water partition coefficient (Wildman–Crippen LogP) is 2.32. The van der Waals surface area contributed by atoms with Crippen LogP contribution in [-0.4, -0.2) is 72.9 Å². The first-order valence-electron chi connectivity index (χ1n) is 12.8. The number of rotatable bonds is 8. The summed E-state index contributed by atoms with van der Waals surface area (Å²) >= 11 is 0. The lowest BCUT2D eigenvalue weighted by atomic mass is 9.91. The number of morpholine rings is 1. The van der Waals surface area contributed by atoms with Crippen LogP contribution in [0, 0.1) is 18.7 Å². The van der Waals surface area contributed by atoms with Crippen LogP contribution in [0.15, 0.2) is 42.5 Å². The summed E-state index contributed by atoms with van der Waals surface area (Å²) in [6, 6.07) is 12.1. The molecule has 5 unspecified atom stereocenters. The fourth-order valence-corrected chi connectivity index (χ4v) is 5.26. The largest absolute Gasteiger partial charge is 0.391 e. The summed E-state index contributed by atoms with van der Waals surface area (Å²) in [5.41, 5.74) is 8.70. The van der Waals surface area contributed by atoms with Gasteiger partial charge in [-0.05, 0) is 37.0 Å². The maximum absolute atomic E-state index is 15.3. The molecular weight excluding hydrogens is 477 g/mol. The summed E-state index contributed by atoms with van der Waals surface area (Å²) in [6.45, 7) is 4.83. The molecule has 0 spiro atoms. The third-order valence-corrected chi connectivity index (χ3v) is 7.10. The second kappa shape index (κ2) is 12.1. The number of hydrogen-bond acceptors (Lipinski definition) is 6. The van der Waals surface area contributed by atoms with Gasteiger partial charge in [-0.3, -0.25) is 9.59 Å². The quantitative estimate of drug-likeness (QED) is 0.467. The summed E-state index contributed by atoms with van der Waals surface area (Å²) in [4.78, 5) is 26.4. The molecule has 2 fully saturated rings. The Morgan fingerprint density at radius 2 is 2.05 bits per heavy atom. The van der Waals surface area contributed by atoms with Crippen molar-refractivity contribution in [2.75, 3.05) is 32.8 Å². The van der Waals surface area contributed by atoms with Gasteiger partial charge in [-0.25, -0.2) is 4.39 Å². The zero-order chi connectivity index (χ0) is 26.5. The molecule has 2 amide bonds. The van der Waals surface area contributed by atoms with Crippen molar-refractivity contribution in [2.45, 2.75) is 51.0 Å². The van der Waals surface area contributed by atoms with Gasteiger partial charge in [0.2, 0.25) is 11.8 Å². The molecule has 8 nitrogen and oxygen atoms in total. The third kappa shape index (κ3) is 6.54. The monoisotopic (exact) mass is 513 g/mol. The minimum atomic E-state index is -0.688. The average Bonchev–Trinajstić information content (AvgIpc) is 3.21. The molecule has 4 N–H and O–H groups in total. The van der Waals surface area contributed by atoms with E-state index in [-0.39, 0.29) is 43.2 Å². The molecule has 37 heavy (non-hydrogen) atoms. The minimum Gasteiger partial charge on any atom is -0.391 e. The van der Waals surface area contributed by atoms with Crippen molar-refractivity contribution >= 4 is 11.8 Å². The molecule has 1 heterocycles. The molecule has 0 bridgehead atoms. The molecule has 4 rings (SSSR count). The van der Waals surface area contributed by atoms with E-state index in [1.54, 1.807) is 11.0 Å². The van der Waals surface area contributed by atoms with Crippen LogP contribution in [0.1, 0.15) is 37.0 Å². The van der Waals surface area contributed by atoms with Crippen molar-refractivity contribution in [3.05, 3.63) is 59.4 Å². The van der Waals surface area contributed by atoms with Crippen LogP contribution in [-0.2, 0) is 19.1 Å². The Hall–Kier alpha value is -2.85. The van der Waals surface area contributed by atoms with E-state index in [0.29, 0.717) is 37.1 Å². The molecule has 1 saturated carbocycles. The van der Waals surface area contributed by atoms with Crippen LogP contribution in [0.5, 0.6) is 0 Å². The number of hydrogen-bond donors (Lipinski definition) is 3. The molecule has 200 valence electrons. The van der Waals surface area contributed by atoms with Gasteiger partial charge in [-0.15, -0.1) is 0 Å². The first kappa shape index (κ1) is 27.2. The summed E-state index contributed by atoms with van der Waals surface area (Å²) in [7, 11) is 0. The molecular formula is C28H36FN3O5. The van der Waals surface area contributed by atoms with E-state index in [1.165, 1.54) is 13.0 Å². The number of nitrogens with zero attached hydrogens (tertiary/aromatic N) is 1. The van der Waals surface area contributed by atoms with E-state index in [9.17, 15) is 14.7 Å². The van der Waals surface area contributed by atoms with E-state index < -0.39 is 24.4 Å². The van der Waals surface area contributed by atoms with Crippen molar-refractivity contribution in [1.29, 1.82) is 0 Å². The first-order chi connectivity index (χ1) is 17.7. The van der Waals surface area contributed by atoms with Gasteiger partial charge in [-0.1, -0.05) is 42.0 Å². The fraction of sp³-hybridized carbons (Fsp3) is 0.500. The molecule has 1 aliphatic heterocycles. The molecule has 1 aliphatic carbocycles. The number of nitrogens with two attached hydrogens (primary N) is 1. The average molecular weight is 514 g/mol. The van der Waals surface area contributed by atoms with Gasteiger partial charge in [0.1, 0.15) is 18.0 Å². The zero-order valence-corrected chi connectivity index (χ0v) is 21.4. The Bertz CT molecular complexity index is 1100. The third-order valence-electron chi connectivity index (χ3n) is 7.10. The van der Waals surface area contributed by atoms with Gasteiger partial charge in [0.05, 0.1) is 19.3 Å². The maximum atomic E-state index is 15.3. The first-order valence-corrected chi connectivity index (χ1v) is 12.8. The second-order valence-electron chi connectivity index (χ2n) is 9.94. The molecule has 0 aromatic heterocycles. The van der Waals surface area contributed by atoms with Gasteiger partial charge in [0, 0.05) is 44.1 Å². The molecule has 1 saturated heterocycles. The van der Waals surface area contributed by atoms with E-state index in [4.69, 9.17) is 15.2 Å². The SMILES string of the molecule is CC(=O)NCCOC(c1cccc(F)c1-c1cccc(C)c1)C1CN(C(=O)C2CC(N)C(O)C2)CCO1. The number of aryl methyl sites for hydroxylation is 1. The lowest BCUT2D eigenvalue weighted by Gasteiger charge is -2.38. The Kier molecular flexibility index (Phi) is 8.91. The van der Waals surface area contributed by atoms with Gasteiger partial charge >= 0.3 is 0 Å². The number of carbonyl (C=O) groups is 2. The van der Waals surface area contributed by atoms with E-state index in [0.717, 1.165) is 11.1 Å². The van der Waals surface area contributed by atoms with Crippen LogP contribution in [0.3, 0.4) is 0 Å². The fourth-order valence-electron chi connectivity index (χ4n) is 5.26. The molecule has 2 aromatic carbocycles. The van der Waals surface area contributed by atoms with E-state index >= 15 is 4.39 Å². The summed E-state index contributed by atoms with van der Waals surface area (Å²) in [5.74, 6) is -0.944. The number of carbonyl (C=O) groups excluding carboxylic acids is 2. The molecule has 5 atom stereocenters. The maximum Gasteiger partial charge on any atom is 0.226 e. The second-order valence-corrected chi connectivity index (χ2v) is 9.94. The Morgan fingerprint density at radius 1 is 1.27 bits per heavy atom. The summed E-state index contributed by atoms with van der Waals surface area (Å²) in [6.07, 6.45) is -1.13. The standard InChI is InChI=1S/C28H36FN3O5/c1-17-5-3-6-19(13-17)26-21(7-4-8-22(26)29)27(37-11-9-31-18(2)33)25-16-32(10-12-36-25)28(35)20-14-23(30)24(34)15-20/h3-8,13,20,23-25,27,34H,9-12,14-16,30H2,1-2H3,(H,31,33). The molecule has 2 aromatic rings. The van der Waals surface area contributed by atoms with Crippen LogP contribution >= 0.6 is 0 Å². The van der Waals surface area contributed by atoms with Gasteiger partial charge < -0.3 is 30.5 Å². The van der Waals surface area contributed by atoms with Gasteiger partial charge in [0.25, 0.3) is 0 Å². The molecule has 9 heteroatoms. The highest BCUT2D eigenvalue weighted by Gasteiger charge is 2.40. The molecule has 2 aliphatic rings. The lowest BCUT2D eigenvalue weighted by molar-refractivity contribution is -0.152. The highest BCUT2D eigenvalue weighted by molar-refractivity contribution is 5.79. The van der Waals surface area contributed by atoms with Crippen molar-refractivity contribution < 1.29 is 28.6 Å². The Labute approximate surface area is 216 Å². The highest BCUT2D eigenvalue weighted by atomic mass is 19.1. The van der Waals surface area contributed by atoms with Crippen molar-refractivity contribution in [2.24, 2.45) is 11.7 Å². The van der Waals surface area contributed by atoms with Crippen molar-refractivity contribution in [1.82, 2.24) is 10.2 Å². The smallest absolute Gasteiger partial charge is 0.226 e. The van der Waals surface area contributed by atoms with Crippen molar-refractivity contribution in [3.63, 3.8) is 0 Å². The van der Waals surface area contributed by atoms with Crippen LogP contribution in [0.25, 0.3) is 11.1 Å². The number of nitrogens with one attached hydrogen (secondary N) is 1. The van der Waals surface area contributed by atoms with Gasteiger partial charge in [0.15, 0.2) is 0 Å². The predicted molar refractivity (Wildman–Crippen MR) is 137 cm³/mol. The molecule has 0 radical (unpaired) electrons. The topological polar surface area (TPSA) is 114 Å². The van der Waals surface area contributed by atoms with Gasteiger partial charge in [-0.2, -0.15) is 0 Å². The number of amides is 2. The van der Waals surface area contributed by atoms with Crippen LogP contribution in [0.2, 0.25) is 0 Å². The summed E-state index contributed by atoms with van der Waals surface area (Å²) in [5, 5.41) is 12.8. The lowest BCUT2D eigenvalue weighted by Crippen LogP contribution is -2.50. The number of ether oxygens (including phenoxy) is 2. The number of benzene rings is 2. The van der Waals surface area contributed by atoms with Crippen LogP contribution in [0.4, 0.5) is 4.39 Å². The number of aliphatic hydroxyl groups excluding tert-OH is 1.